The zero-order valence-electron chi connectivity index (χ0n) is 19.0. The summed E-state index contributed by atoms with van der Waals surface area (Å²) in [4.78, 5) is 27.9. The number of benzene rings is 3. The molecule has 1 aliphatic rings. The highest BCUT2D eigenvalue weighted by Crippen LogP contribution is 2.31. The van der Waals surface area contributed by atoms with Crippen LogP contribution in [-0.2, 0) is 6.54 Å². The topological polar surface area (TPSA) is 88.0 Å². The van der Waals surface area contributed by atoms with E-state index in [0.29, 0.717) is 10.7 Å². The first-order valence-electron chi connectivity index (χ1n) is 11.0. The first kappa shape index (κ1) is 24.8. The third-order valence-electron chi connectivity index (χ3n) is 5.91. The number of nitrogens with zero attached hydrogens (tertiary/aromatic N) is 3. The quantitative estimate of drug-likeness (QED) is 0.331. The molecule has 1 fully saturated rings. The molecule has 0 radical (unpaired) electrons. The fraction of sp³-hybridized carbons (Fsp3) is 0.240. The Kier molecular flexibility index (Phi) is 7.75. The van der Waals surface area contributed by atoms with Crippen molar-refractivity contribution in [1.29, 1.82) is 0 Å². The smallest absolute Gasteiger partial charge is 0.311 e. The van der Waals surface area contributed by atoms with Gasteiger partial charge in [-0.1, -0.05) is 41.4 Å². The van der Waals surface area contributed by atoms with Gasteiger partial charge >= 0.3 is 5.69 Å². The molecule has 1 aliphatic heterocycles. The Morgan fingerprint density at radius 2 is 1.77 bits per heavy atom. The summed E-state index contributed by atoms with van der Waals surface area (Å²) in [7, 11) is 1.34. The van der Waals surface area contributed by atoms with Gasteiger partial charge in [-0.2, -0.15) is 0 Å². The van der Waals surface area contributed by atoms with Crippen LogP contribution in [0.4, 0.5) is 17.1 Å². The molecular weight excluding hydrogens is 491 g/mol. The van der Waals surface area contributed by atoms with Gasteiger partial charge in [-0.3, -0.25) is 19.8 Å². The average Bonchev–Trinajstić information content (AvgIpc) is 2.85. The standard InChI is InChI=1S/C25H24Cl2N4O4/c1-35-24-9-6-17(14-23(24)31(33)34)25(32)28-19-7-8-22(21(27)15-19)30-12-10-29(11-13-30)16-18-4-2-3-5-20(18)26/h2-9,14-15H,10-13,16H2,1H3,(H,28,32). The van der Waals surface area contributed by atoms with Gasteiger partial charge in [0.2, 0.25) is 0 Å². The molecule has 3 aromatic rings. The molecule has 10 heteroatoms. The van der Waals surface area contributed by atoms with Crippen molar-refractivity contribution in [3.63, 3.8) is 0 Å². The number of hydrogen-bond acceptors (Lipinski definition) is 6. The first-order valence-corrected chi connectivity index (χ1v) is 11.8. The Morgan fingerprint density at radius 3 is 2.43 bits per heavy atom. The summed E-state index contributed by atoms with van der Waals surface area (Å²) in [5.41, 5.74) is 2.37. The van der Waals surface area contributed by atoms with Gasteiger partial charge in [-0.05, 0) is 42.0 Å². The maximum absolute atomic E-state index is 12.7. The van der Waals surface area contributed by atoms with Crippen LogP contribution in [0.15, 0.2) is 60.7 Å². The molecule has 35 heavy (non-hydrogen) atoms. The molecule has 1 saturated heterocycles. The van der Waals surface area contributed by atoms with E-state index in [-0.39, 0.29) is 17.0 Å². The maximum atomic E-state index is 12.7. The summed E-state index contributed by atoms with van der Waals surface area (Å²) in [5, 5.41) is 15.3. The summed E-state index contributed by atoms with van der Waals surface area (Å²) in [6, 6.07) is 17.3. The third kappa shape index (κ3) is 5.85. The molecule has 0 unspecified atom stereocenters. The molecule has 0 spiro atoms. The molecule has 1 heterocycles. The third-order valence-corrected chi connectivity index (χ3v) is 6.58. The zero-order valence-corrected chi connectivity index (χ0v) is 20.6. The fourth-order valence-corrected chi connectivity index (χ4v) is 4.53. The minimum absolute atomic E-state index is 0.0888. The molecule has 182 valence electrons. The van der Waals surface area contributed by atoms with Gasteiger partial charge in [0.05, 0.1) is 22.7 Å². The number of piperazine rings is 1. The number of rotatable bonds is 7. The molecule has 0 saturated carbocycles. The van der Waals surface area contributed by atoms with Gasteiger partial charge in [-0.25, -0.2) is 0 Å². The monoisotopic (exact) mass is 514 g/mol. The Hall–Kier alpha value is -3.33. The Balaban J connectivity index is 1.38. The summed E-state index contributed by atoms with van der Waals surface area (Å²) < 4.78 is 4.98. The number of methoxy groups -OCH3 is 1. The molecule has 4 rings (SSSR count). The molecule has 0 bridgehead atoms. The van der Waals surface area contributed by atoms with Crippen molar-refractivity contribution in [2.75, 3.05) is 43.5 Å². The number of carbonyl (C=O) groups is 1. The largest absolute Gasteiger partial charge is 0.490 e. The number of halogens is 2. The van der Waals surface area contributed by atoms with Gasteiger partial charge in [0.15, 0.2) is 5.75 Å². The molecule has 8 nitrogen and oxygen atoms in total. The van der Waals surface area contributed by atoms with Gasteiger partial charge in [0.1, 0.15) is 0 Å². The molecule has 1 amide bonds. The van der Waals surface area contributed by atoms with E-state index in [1.165, 1.54) is 25.3 Å². The molecule has 0 aromatic heterocycles. The summed E-state index contributed by atoms with van der Waals surface area (Å²) >= 11 is 12.8. The van der Waals surface area contributed by atoms with E-state index in [0.717, 1.165) is 49.0 Å². The lowest BCUT2D eigenvalue weighted by molar-refractivity contribution is -0.385. The van der Waals surface area contributed by atoms with Crippen LogP contribution in [-0.4, -0.2) is 49.0 Å². The van der Waals surface area contributed by atoms with Crippen molar-refractivity contribution < 1.29 is 14.5 Å². The van der Waals surface area contributed by atoms with Crippen LogP contribution >= 0.6 is 23.2 Å². The van der Waals surface area contributed by atoms with E-state index in [2.05, 4.69) is 15.1 Å². The van der Waals surface area contributed by atoms with E-state index < -0.39 is 10.8 Å². The molecule has 3 aromatic carbocycles. The van der Waals surface area contributed by atoms with E-state index in [4.69, 9.17) is 27.9 Å². The van der Waals surface area contributed by atoms with Crippen molar-refractivity contribution in [2.45, 2.75) is 6.54 Å². The highest BCUT2D eigenvalue weighted by Gasteiger charge is 2.21. The van der Waals surface area contributed by atoms with Crippen molar-refractivity contribution >= 4 is 46.2 Å². The maximum Gasteiger partial charge on any atom is 0.311 e. The summed E-state index contributed by atoms with van der Waals surface area (Å²) in [5.74, 6) is -0.390. The van der Waals surface area contributed by atoms with Crippen LogP contribution < -0.4 is 15.0 Å². The van der Waals surface area contributed by atoms with Crippen LogP contribution in [0.1, 0.15) is 15.9 Å². The van der Waals surface area contributed by atoms with Gasteiger partial charge in [0.25, 0.3) is 5.91 Å². The lowest BCUT2D eigenvalue weighted by Crippen LogP contribution is -2.46. The lowest BCUT2D eigenvalue weighted by atomic mass is 10.1. The van der Waals surface area contributed by atoms with Gasteiger partial charge in [-0.15, -0.1) is 0 Å². The highest BCUT2D eigenvalue weighted by molar-refractivity contribution is 6.33. The fourth-order valence-electron chi connectivity index (χ4n) is 4.03. The molecule has 0 aliphatic carbocycles. The number of hydrogen-bond donors (Lipinski definition) is 1. The minimum atomic E-state index is -0.588. The van der Waals surface area contributed by atoms with E-state index in [9.17, 15) is 14.9 Å². The number of nitro groups is 1. The van der Waals surface area contributed by atoms with Crippen molar-refractivity contribution in [1.82, 2.24) is 4.90 Å². The van der Waals surface area contributed by atoms with Crippen LogP contribution in [0.5, 0.6) is 5.75 Å². The zero-order chi connectivity index (χ0) is 24.9. The normalized spacial score (nSPS) is 14.0. The number of nitro benzene ring substituents is 1. The van der Waals surface area contributed by atoms with E-state index >= 15 is 0 Å². The number of anilines is 2. The number of ether oxygens (including phenoxy) is 1. The Bertz CT molecular complexity index is 1250. The highest BCUT2D eigenvalue weighted by atomic mass is 35.5. The molecule has 0 atom stereocenters. The van der Waals surface area contributed by atoms with Crippen LogP contribution in [0.2, 0.25) is 10.0 Å². The first-order chi connectivity index (χ1) is 16.9. The predicted molar refractivity (Wildman–Crippen MR) is 138 cm³/mol. The average molecular weight is 515 g/mol. The van der Waals surface area contributed by atoms with E-state index in [1.807, 2.05) is 30.3 Å². The van der Waals surface area contributed by atoms with Crippen molar-refractivity contribution in [2.24, 2.45) is 0 Å². The number of amides is 1. The number of nitrogens with one attached hydrogen (secondary N) is 1. The second-order valence-corrected chi connectivity index (χ2v) is 8.93. The predicted octanol–water partition coefficient (Wildman–Crippen LogP) is 5.48. The number of carbonyl (C=O) groups excluding carboxylic acids is 1. The lowest BCUT2D eigenvalue weighted by Gasteiger charge is -2.36. The second-order valence-electron chi connectivity index (χ2n) is 8.12. The van der Waals surface area contributed by atoms with Crippen LogP contribution in [0.25, 0.3) is 0 Å². The molecule has 1 N–H and O–H groups in total. The Labute approximate surface area is 213 Å². The van der Waals surface area contributed by atoms with Gasteiger partial charge < -0.3 is 15.0 Å². The summed E-state index contributed by atoms with van der Waals surface area (Å²) in [6.45, 7) is 4.17. The summed E-state index contributed by atoms with van der Waals surface area (Å²) in [6.07, 6.45) is 0. The van der Waals surface area contributed by atoms with E-state index in [1.54, 1.807) is 12.1 Å². The van der Waals surface area contributed by atoms with Crippen LogP contribution in [0.3, 0.4) is 0 Å². The SMILES string of the molecule is COc1ccc(C(=O)Nc2ccc(N3CCN(Cc4ccccc4Cl)CC3)c(Cl)c2)cc1[N+](=O)[O-]. The van der Waals surface area contributed by atoms with Crippen molar-refractivity contribution in [3.05, 3.63) is 92.0 Å². The Morgan fingerprint density at radius 1 is 1.03 bits per heavy atom. The van der Waals surface area contributed by atoms with Gasteiger partial charge in [0, 0.05) is 55.1 Å². The molecular formula is C25H24Cl2N4O4. The minimum Gasteiger partial charge on any atom is -0.490 e. The van der Waals surface area contributed by atoms with Crippen molar-refractivity contribution in [3.8, 4) is 5.75 Å². The van der Waals surface area contributed by atoms with Crippen LogP contribution in [0, 0.1) is 10.1 Å². The second kappa shape index (κ2) is 10.9.